The first-order valence-corrected chi connectivity index (χ1v) is 6.42. The van der Waals surface area contributed by atoms with Crippen LogP contribution in [-0.2, 0) is 12.8 Å². The maximum absolute atomic E-state index is 2.34. The summed E-state index contributed by atoms with van der Waals surface area (Å²) in [7, 11) is 0. The monoisotopic (exact) mass is 224 g/mol. The van der Waals surface area contributed by atoms with Crippen LogP contribution in [0.2, 0.25) is 0 Å². The molecule has 0 aliphatic rings. The zero-order valence-corrected chi connectivity index (χ0v) is 10.7. The van der Waals surface area contributed by atoms with Crippen molar-refractivity contribution in [3.63, 3.8) is 0 Å². The van der Waals surface area contributed by atoms with Crippen LogP contribution in [0.25, 0.3) is 0 Å². The van der Waals surface area contributed by atoms with E-state index in [1.165, 1.54) is 35.1 Å². The predicted molar refractivity (Wildman–Crippen MR) is 74.4 cm³/mol. The van der Waals surface area contributed by atoms with Gasteiger partial charge >= 0.3 is 0 Å². The van der Waals surface area contributed by atoms with E-state index < -0.39 is 0 Å². The Bertz CT molecular complexity index is 483. The molecule has 0 saturated carbocycles. The Labute approximate surface area is 104 Å². The van der Waals surface area contributed by atoms with Crippen LogP contribution in [0.15, 0.2) is 48.5 Å². The summed E-state index contributed by atoms with van der Waals surface area (Å²) in [4.78, 5) is 0. The van der Waals surface area contributed by atoms with Crippen LogP contribution < -0.4 is 0 Å². The average molecular weight is 224 g/mol. The number of aryl methyl sites for hydroxylation is 2. The Kier molecular flexibility index (Phi) is 3.98. The van der Waals surface area contributed by atoms with Crippen LogP contribution in [0.1, 0.15) is 35.6 Å². The van der Waals surface area contributed by atoms with Crippen molar-refractivity contribution in [3.8, 4) is 0 Å². The quantitative estimate of drug-likeness (QED) is 0.715. The summed E-state index contributed by atoms with van der Waals surface area (Å²) in [5.41, 5.74) is 5.69. The molecular formula is C17H20. The molecule has 0 fully saturated rings. The molecule has 0 amide bonds. The van der Waals surface area contributed by atoms with Gasteiger partial charge < -0.3 is 0 Å². The molecule has 0 saturated heterocycles. The van der Waals surface area contributed by atoms with Gasteiger partial charge in [-0.05, 0) is 42.0 Å². The van der Waals surface area contributed by atoms with Gasteiger partial charge in [-0.25, -0.2) is 0 Å². The van der Waals surface area contributed by atoms with Crippen LogP contribution in [-0.4, -0.2) is 0 Å². The molecule has 0 heteroatoms. The second-order valence-electron chi connectivity index (χ2n) is 4.67. The highest BCUT2D eigenvalue weighted by Crippen LogP contribution is 2.15. The van der Waals surface area contributed by atoms with Gasteiger partial charge in [-0.15, -0.1) is 0 Å². The van der Waals surface area contributed by atoms with Crippen molar-refractivity contribution in [3.05, 3.63) is 70.8 Å². The lowest BCUT2D eigenvalue weighted by Crippen LogP contribution is -1.93. The molecule has 0 N–H and O–H groups in total. The third kappa shape index (κ3) is 3.20. The molecule has 88 valence electrons. The molecule has 0 unspecified atom stereocenters. The van der Waals surface area contributed by atoms with Gasteiger partial charge in [0.2, 0.25) is 0 Å². The Morgan fingerprint density at radius 2 is 1.65 bits per heavy atom. The highest BCUT2D eigenvalue weighted by Gasteiger charge is 2.00. The van der Waals surface area contributed by atoms with Crippen molar-refractivity contribution in [1.29, 1.82) is 0 Å². The highest BCUT2D eigenvalue weighted by molar-refractivity contribution is 5.33. The number of hydrogen-bond acceptors (Lipinski definition) is 0. The minimum absolute atomic E-state index is 1.05. The second kappa shape index (κ2) is 5.67. The zero-order chi connectivity index (χ0) is 12.1. The minimum Gasteiger partial charge on any atom is -0.0651 e. The molecule has 2 rings (SSSR count). The van der Waals surface area contributed by atoms with Crippen LogP contribution >= 0.6 is 0 Å². The van der Waals surface area contributed by atoms with E-state index in [9.17, 15) is 0 Å². The topological polar surface area (TPSA) is 0 Å². The van der Waals surface area contributed by atoms with Gasteiger partial charge in [0.05, 0.1) is 0 Å². The van der Waals surface area contributed by atoms with Gasteiger partial charge in [-0.2, -0.15) is 0 Å². The largest absolute Gasteiger partial charge is 0.0651 e. The maximum atomic E-state index is 2.34. The lowest BCUT2D eigenvalue weighted by molar-refractivity contribution is 0.918. The van der Waals surface area contributed by atoms with Gasteiger partial charge in [0.1, 0.15) is 0 Å². The van der Waals surface area contributed by atoms with Gasteiger partial charge in [0.25, 0.3) is 0 Å². The fraction of sp³-hybridized carbons (Fsp3) is 0.294. The van der Waals surface area contributed by atoms with E-state index in [0.717, 1.165) is 6.42 Å². The predicted octanol–water partition coefficient (Wildman–Crippen LogP) is 4.54. The van der Waals surface area contributed by atoms with Crippen molar-refractivity contribution < 1.29 is 0 Å². The first kappa shape index (κ1) is 11.9. The Morgan fingerprint density at radius 3 is 2.41 bits per heavy atom. The molecular weight excluding hydrogens is 204 g/mol. The molecule has 0 atom stereocenters. The molecule has 0 aliphatic heterocycles. The Hall–Kier alpha value is -1.56. The van der Waals surface area contributed by atoms with Crippen LogP contribution in [0.3, 0.4) is 0 Å². The van der Waals surface area contributed by atoms with Crippen molar-refractivity contribution in [2.75, 3.05) is 0 Å². The van der Waals surface area contributed by atoms with E-state index in [1.54, 1.807) is 0 Å². The second-order valence-corrected chi connectivity index (χ2v) is 4.67. The van der Waals surface area contributed by atoms with E-state index in [-0.39, 0.29) is 0 Å². The van der Waals surface area contributed by atoms with E-state index in [0.29, 0.717) is 0 Å². The number of hydrogen-bond donors (Lipinski definition) is 0. The molecule has 0 radical (unpaired) electrons. The molecule has 0 aliphatic carbocycles. The number of benzene rings is 2. The van der Waals surface area contributed by atoms with Crippen molar-refractivity contribution in [2.45, 2.75) is 33.1 Å². The van der Waals surface area contributed by atoms with Crippen molar-refractivity contribution >= 4 is 0 Å². The molecule has 17 heavy (non-hydrogen) atoms. The molecule has 0 heterocycles. The third-order valence-electron chi connectivity index (χ3n) is 3.19. The molecule has 0 nitrogen and oxygen atoms in total. The van der Waals surface area contributed by atoms with Gasteiger partial charge in [0.15, 0.2) is 0 Å². The summed E-state index contributed by atoms with van der Waals surface area (Å²) in [5, 5.41) is 0. The molecule has 2 aromatic carbocycles. The van der Waals surface area contributed by atoms with E-state index in [4.69, 9.17) is 0 Å². The Morgan fingerprint density at radius 1 is 0.882 bits per heavy atom. The summed E-state index contributed by atoms with van der Waals surface area (Å²) in [6.45, 7) is 4.42. The van der Waals surface area contributed by atoms with Gasteiger partial charge in [0, 0.05) is 0 Å². The lowest BCUT2D eigenvalue weighted by Gasteiger charge is -2.07. The summed E-state index contributed by atoms with van der Waals surface area (Å²) >= 11 is 0. The fourth-order valence-corrected chi connectivity index (χ4v) is 2.21. The summed E-state index contributed by atoms with van der Waals surface area (Å²) in [6.07, 6.45) is 3.44. The smallest absolute Gasteiger partial charge is 0.00230 e. The van der Waals surface area contributed by atoms with Crippen LogP contribution in [0, 0.1) is 6.92 Å². The van der Waals surface area contributed by atoms with Crippen LogP contribution in [0.4, 0.5) is 0 Å². The first-order chi connectivity index (χ1) is 8.29. The van der Waals surface area contributed by atoms with E-state index in [1.807, 2.05) is 0 Å². The van der Waals surface area contributed by atoms with Gasteiger partial charge in [-0.1, -0.05) is 61.9 Å². The molecule has 2 aromatic rings. The zero-order valence-electron chi connectivity index (χ0n) is 10.7. The van der Waals surface area contributed by atoms with Crippen LogP contribution in [0.5, 0.6) is 0 Å². The minimum atomic E-state index is 1.05. The molecule has 0 aromatic heterocycles. The highest BCUT2D eigenvalue weighted by atomic mass is 14.1. The van der Waals surface area contributed by atoms with Crippen molar-refractivity contribution in [1.82, 2.24) is 0 Å². The summed E-state index contributed by atoms with van der Waals surface area (Å²) < 4.78 is 0. The van der Waals surface area contributed by atoms with Crippen molar-refractivity contribution in [2.24, 2.45) is 0 Å². The standard InChI is InChI=1S/C17H20/c1-3-7-15-9-6-10-16(12-15)13-17-11-5-4-8-14(17)2/h4-6,8-12H,3,7,13H2,1-2H3. The van der Waals surface area contributed by atoms with E-state index in [2.05, 4.69) is 62.4 Å². The fourth-order valence-electron chi connectivity index (χ4n) is 2.21. The maximum Gasteiger partial charge on any atom is -0.00230 e. The average Bonchev–Trinajstić information content (AvgIpc) is 2.33. The number of rotatable bonds is 4. The van der Waals surface area contributed by atoms with E-state index >= 15 is 0 Å². The normalized spacial score (nSPS) is 10.5. The van der Waals surface area contributed by atoms with Gasteiger partial charge in [-0.3, -0.25) is 0 Å². The summed E-state index contributed by atoms with van der Waals surface area (Å²) in [6, 6.07) is 17.6. The molecule has 0 spiro atoms. The summed E-state index contributed by atoms with van der Waals surface area (Å²) in [5.74, 6) is 0. The molecule has 0 bridgehead atoms. The first-order valence-electron chi connectivity index (χ1n) is 6.42. The third-order valence-corrected chi connectivity index (χ3v) is 3.19. The Balaban J connectivity index is 2.18. The SMILES string of the molecule is CCCc1cccc(Cc2ccccc2C)c1. The lowest BCUT2D eigenvalue weighted by atomic mass is 9.98.